The van der Waals surface area contributed by atoms with E-state index in [-0.39, 0.29) is 82.5 Å². The number of amidine groups is 1. The molecule has 0 aromatic heterocycles. The number of nitrogens with two attached hydrogens (primary N) is 1. The van der Waals surface area contributed by atoms with Gasteiger partial charge in [0.2, 0.25) is 5.91 Å². The second-order valence-corrected chi connectivity index (χ2v) is 34.0. The van der Waals surface area contributed by atoms with Crippen LogP contribution in [0.5, 0.6) is 0 Å². The Morgan fingerprint density at radius 1 is 0.367 bits per heavy atom. The van der Waals surface area contributed by atoms with E-state index in [0.717, 1.165) is 77.0 Å². The van der Waals surface area contributed by atoms with Gasteiger partial charge in [-0.2, -0.15) is 0 Å². The number of rotatable bonds is 77. The monoisotopic (exact) mass is 1470 g/mol. The molecule has 0 aromatic rings. The average molecular weight is 1470 g/mol. The zero-order valence-electron chi connectivity index (χ0n) is 62.8. The van der Waals surface area contributed by atoms with E-state index in [1.807, 2.05) is 0 Å². The molecule has 0 spiro atoms. The van der Waals surface area contributed by atoms with Crippen molar-refractivity contribution in [2.45, 2.75) is 387 Å². The Morgan fingerprint density at radius 2 is 0.633 bits per heavy atom. The van der Waals surface area contributed by atoms with Gasteiger partial charge in [0.1, 0.15) is 13.2 Å². The lowest BCUT2D eigenvalue weighted by Gasteiger charge is -2.20. The molecule has 1 amide bonds. The summed E-state index contributed by atoms with van der Waals surface area (Å²) in [6.45, 7) is 7.28. The number of ether oxygens (including phenoxy) is 4. The third-order valence-corrected chi connectivity index (χ3v) is 22.7. The minimum absolute atomic E-state index is 0.0798. The third kappa shape index (κ3) is 70.8. The first-order chi connectivity index (χ1) is 47.6. The van der Waals surface area contributed by atoms with Gasteiger partial charge in [-0.25, -0.2) is 0 Å². The van der Waals surface area contributed by atoms with Gasteiger partial charge in [0.25, 0.3) is 0 Å². The van der Waals surface area contributed by atoms with E-state index in [0.29, 0.717) is 43.6 Å². The van der Waals surface area contributed by atoms with E-state index in [1.165, 1.54) is 227 Å². The lowest BCUT2D eigenvalue weighted by Crippen LogP contribution is -2.30. The molecule has 0 saturated heterocycles. The summed E-state index contributed by atoms with van der Waals surface area (Å²) in [6.07, 6.45) is 54.7. The quantitative estimate of drug-likeness (QED) is 0.00838. The summed E-state index contributed by atoms with van der Waals surface area (Å²) < 4.78 is 59.3. The number of aliphatic imine (C=N–C) groups is 1. The van der Waals surface area contributed by atoms with Crippen molar-refractivity contribution < 1.29 is 70.9 Å². The Morgan fingerprint density at radius 3 is 0.939 bits per heavy atom. The lowest BCUT2D eigenvalue weighted by molar-refractivity contribution is -0.161. The number of nitrogens with one attached hydrogen (secondary N) is 1. The van der Waals surface area contributed by atoms with E-state index in [9.17, 15) is 42.9 Å². The SMILES string of the molecule is CCCCCCCCCCCCCCCC(=O)OCC(COP(=O)(O)CCN=C(N)CCSSCCC(=O)NCCP(=O)(O)OCC(COC(=O)CCCCCCCCCCCCC)OC(=O)CCCCCCCCCCCCC)OC(=O)CCCCCCCCCCCCCCC. The summed E-state index contributed by atoms with van der Waals surface area (Å²) in [7, 11) is -5.52. The summed E-state index contributed by atoms with van der Waals surface area (Å²) in [5.41, 5.74) is 6.14. The molecule has 5 N–H and O–H groups in total. The first kappa shape index (κ1) is 95.8. The third-order valence-electron chi connectivity index (χ3n) is 17.7. The highest BCUT2D eigenvalue weighted by Crippen LogP contribution is 2.42. The second kappa shape index (κ2) is 71.8. The van der Waals surface area contributed by atoms with Crippen LogP contribution in [0, 0.1) is 0 Å². The Labute approximate surface area is 606 Å². The van der Waals surface area contributed by atoms with Crippen molar-refractivity contribution in [2.75, 3.05) is 63.3 Å². The van der Waals surface area contributed by atoms with Crippen LogP contribution in [-0.4, -0.2) is 121 Å². The number of carbonyl (C=O) groups excluding carboxylic acids is 5. The van der Waals surface area contributed by atoms with Gasteiger partial charge in [-0.15, -0.1) is 0 Å². The van der Waals surface area contributed by atoms with Crippen LogP contribution < -0.4 is 11.1 Å². The molecule has 0 aliphatic rings. The highest BCUT2D eigenvalue weighted by Gasteiger charge is 2.27. The number of carbonyl (C=O) groups is 5. The molecule has 4 atom stereocenters. The first-order valence-corrected chi connectivity index (χ1v) is 46.0. The molecule has 18 nitrogen and oxygen atoms in total. The molecule has 4 unspecified atom stereocenters. The van der Waals surface area contributed by atoms with Gasteiger partial charge in [-0.1, -0.05) is 332 Å². The number of esters is 4. The number of nitrogens with zero attached hydrogens (tertiary/aromatic N) is 1. The van der Waals surface area contributed by atoms with Crippen molar-refractivity contribution in [3.8, 4) is 0 Å². The Balaban J connectivity index is 4.93. The summed E-state index contributed by atoms with van der Waals surface area (Å²) >= 11 is 0. The van der Waals surface area contributed by atoms with Gasteiger partial charge in [-0.3, -0.25) is 38.1 Å². The molecule has 0 saturated carbocycles. The fraction of sp³-hybridized carbons (Fsp3) is 0.921. The van der Waals surface area contributed by atoms with E-state index < -0.39 is 64.5 Å². The maximum Gasteiger partial charge on any atom is 0.330 e. The van der Waals surface area contributed by atoms with E-state index in [2.05, 4.69) is 38.0 Å². The predicted molar refractivity (Wildman–Crippen MR) is 409 cm³/mol. The van der Waals surface area contributed by atoms with E-state index in [1.54, 1.807) is 0 Å². The molecule has 0 bridgehead atoms. The van der Waals surface area contributed by atoms with Crippen LogP contribution in [-0.2, 0) is 61.1 Å². The predicted octanol–water partition coefficient (Wildman–Crippen LogP) is 21.3. The molecular weight excluding hydrogens is 1320 g/mol. The van der Waals surface area contributed by atoms with Gasteiger partial charge in [0, 0.05) is 56.6 Å². The van der Waals surface area contributed by atoms with Gasteiger partial charge in [-0.05, 0) is 25.7 Å². The highest BCUT2D eigenvalue weighted by atomic mass is 33.1. The number of unbranched alkanes of at least 4 members (excludes halogenated alkanes) is 44. The lowest BCUT2D eigenvalue weighted by atomic mass is 10.0. The molecule has 0 aliphatic carbocycles. The first-order valence-electron chi connectivity index (χ1n) is 40.0. The highest BCUT2D eigenvalue weighted by molar-refractivity contribution is 8.76. The van der Waals surface area contributed by atoms with Crippen molar-refractivity contribution in [1.29, 1.82) is 0 Å². The maximum atomic E-state index is 13.1. The van der Waals surface area contributed by atoms with Crippen LogP contribution in [0.15, 0.2) is 4.99 Å². The van der Waals surface area contributed by atoms with E-state index >= 15 is 0 Å². The summed E-state index contributed by atoms with van der Waals surface area (Å²) in [4.78, 5) is 89.7. The number of amides is 1. The molecule has 0 aliphatic heterocycles. The Bertz CT molecular complexity index is 2010. The minimum Gasteiger partial charge on any atom is -0.462 e. The van der Waals surface area contributed by atoms with Crippen LogP contribution in [0.3, 0.4) is 0 Å². The normalized spacial score (nSPS) is 13.6. The van der Waals surface area contributed by atoms with Crippen molar-refractivity contribution in [1.82, 2.24) is 5.32 Å². The summed E-state index contributed by atoms with van der Waals surface area (Å²) in [5.74, 6) is -0.805. The molecule has 0 rings (SSSR count). The summed E-state index contributed by atoms with van der Waals surface area (Å²) in [5, 5.41) is 2.66. The van der Waals surface area contributed by atoms with Crippen LogP contribution in [0.2, 0.25) is 0 Å². The second-order valence-electron chi connectivity index (χ2n) is 27.3. The van der Waals surface area contributed by atoms with Gasteiger partial charge >= 0.3 is 39.1 Å². The minimum atomic E-state index is -4.24. The Hall–Kier alpha value is -2.18. The van der Waals surface area contributed by atoms with Crippen molar-refractivity contribution in [2.24, 2.45) is 10.7 Å². The van der Waals surface area contributed by atoms with Crippen LogP contribution in [0.4, 0.5) is 0 Å². The topological polar surface area (TPSA) is 266 Å². The smallest absolute Gasteiger partial charge is 0.330 e. The number of hydrogen-bond donors (Lipinski definition) is 4. The molecule has 98 heavy (non-hydrogen) atoms. The van der Waals surface area contributed by atoms with Crippen LogP contribution >= 0.6 is 36.8 Å². The zero-order chi connectivity index (χ0) is 71.9. The van der Waals surface area contributed by atoms with Gasteiger partial charge < -0.3 is 48.8 Å². The molecule has 0 fully saturated rings. The largest absolute Gasteiger partial charge is 0.462 e. The van der Waals surface area contributed by atoms with Crippen molar-refractivity contribution in [3.05, 3.63) is 0 Å². The molecule has 0 heterocycles. The Kier molecular flexibility index (Phi) is 70.2. The van der Waals surface area contributed by atoms with Crippen LogP contribution in [0.1, 0.15) is 374 Å². The molecule has 22 heteroatoms. The fourth-order valence-corrected chi connectivity index (χ4v) is 15.2. The standard InChI is InChI=1S/C76H147N3O15P2S2/c1-5-9-13-17-21-25-29-31-35-38-42-46-50-54-73(81)89-65-69(93-75(83)55-52-48-44-40-36-32-30-26-22-18-14-10-6-2)67-91-95(85,86)61-59-78-71(77)57-63-97-98-64-58-72(80)79-60-62-96(87,88)92-68-70(94-76(84)56-51-47-43-39-34-28-24-20-16-12-8-4)66-90-74(82)53-49-45-41-37-33-27-23-19-15-11-7-3/h69-70H,5-68H2,1-4H3,(H2,77,78)(H,79,80)(H,85,86)(H,87,88). The van der Waals surface area contributed by atoms with Gasteiger partial charge in [0.15, 0.2) is 12.2 Å². The molecular formula is C76H147N3O15P2S2. The average Bonchev–Trinajstić information content (AvgIpc) is 1.26. The van der Waals surface area contributed by atoms with E-state index in [4.69, 9.17) is 33.7 Å². The molecule has 0 aromatic carbocycles. The number of hydrogen-bond acceptors (Lipinski definition) is 16. The summed E-state index contributed by atoms with van der Waals surface area (Å²) in [6, 6.07) is 0. The molecule has 578 valence electrons. The van der Waals surface area contributed by atoms with Crippen molar-refractivity contribution >= 4 is 72.4 Å². The van der Waals surface area contributed by atoms with Crippen LogP contribution in [0.25, 0.3) is 0 Å². The van der Waals surface area contributed by atoms with Crippen molar-refractivity contribution in [3.63, 3.8) is 0 Å². The fourth-order valence-electron chi connectivity index (χ4n) is 11.4. The zero-order valence-corrected chi connectivity index (χ0v) is 66.3. The maximum absolute atomic E-state index is 13.1. The molecule has 0 radical (unpaired) electrons. The van der Waals surface area contributed by atoms with Gasteiger partial charge in [0.05, 0.1) is 37.9 Å².